The number of hydrogen-bond donors (Lipinski definition) is 2. The van der Waals surface area contributed by atoms with Crippen LogP contribution in [0.25, 0.3) is 0 Å². The number of nitrogens with zero attached hydrogens (tertiary/aromatic N) is 3. The summed E-state index contributed by atoms with van der Waals surface area (Å²) in [7, 11) is 6.03. The van der Waals surface area contributed by atoms with Gasteiger partial charge in [-0.3, -0.25) is 4.99 Å². The Morgan fingerprint density at radius 3 is 2.57 bits per heavy atom. The van der Waals surface area contributed by atoms with Gasteiger partial charge in [0, 0.05) is 43.7 Å². The molecule has 0 radical (unpaired) electrons. The first-order chi connectivity index (χ1) is 13.6. The lowest BCUT2D eigenvalue weighted by atomic mass is 10.1. The summed E-state index contributed by atoms with van der Waals surface area (Å²) in [4.78, 5) is 9.04. The molecular formula is C22H30BrN5. The van der Waals surface area contributed by atoms with Gasteiger partial charge in [-0.05, 0) is 59.7 Å². The van der Waals surface area contributed by atoms with Gasteiger partial charge in [-0.25, -0.2) is 0 Å². The predicted octanol–water partition coefficient (Wildman–Crippen LogP) is 3.45. The van der Waals surface area contributed by atoms with E-state index >= 15 is 0 Å². The lowest BCUT2D eigenvalue weighted by Gasteiger charge is -2.22. The van der Waals surface area contributed by atoms with Crippen molar-refractivity contribution in [2.45, 2.75) is 25.6 Å². The van der Waals surface area contributed by atoms with E-state index in [0.29, 0.717) is 6.04 Å². The summed E-state index contributed by atoms with van der Waals surface area (Å²) in [6.07, 6.45) is 1.10. The first kappa shape index (κ1) is 20.7. The molecule has 2 N–H and O–H groups in total. The number of benzene rings is 2. The SMILES string of the molecule is CN=C(NCc1ccccc1CN(C)C)NC1CCN(c2ccccc2Br)C1. The molecule has 150 valence electrons. The van der Waals surface area contributed by atoms with Crippen LogP contribution < -0.4 is 15.5 Å². The van der Waals surface area contributed by atoms with Crippen LogP contribution >= 0.6 is 15.9 Å². The van der Waals surface area contributed by atoms with Crippen molar-refractivity contribution < 1.29 is 0 Å². The van der Waals surface area contributed by atoms with Crippen LogP contribution in [0.2, 0.25) is 0 Å². The van der Waals surface area contributed by atoms with Gasteiger partial charge >= 0.3 is 0 Å². The topological polar surface area (TPSA) is 42.9 Å². The number of nitrogens with one attached hydrogen (secondary N) is 2. The lowest BCUT2D eigenvalue weighted by Crippen LogP contribution is -2.44. The fourth-order valence-corrected chi connectivity index (χ4v) is 4.13. The van der Waals surface area contributed by atoms with Gasteiger partial charge in [0.15, 0.2) is 5.96 Å². The highest BCUT2D eigenvalue weighted by molar-refractivity contribution is 9.10. The van der Waals surface area contributed by atoms with Crippen LogP contribution in [0, 0.1) is 0 Å². The van der Waals surface area contributed by atoms with E-state index in [9.17, 15) is 0 Å². The molecule has 1 atom stereocenters. The van der Waals surface area contributed by atoms with Crippen molar-refractivity contribution in [1.29, 1.82) is 0 Å². The first-order valence-electron chi connectivity index (χ1n) is 9.75. The zero-order valence-corrected chi connectivity index (χ0v) is 18.5. The van der Waals surface area contributed by atoms with Crippen molar-refractivity contribution >= 4 is 27.6 Å². The molecule has 3 rings (SSSR count). The van der Waals surface area contributed by atoms with Crippen LogP contribution in [0.5, 0.6) is 0 Å². The molecule has 2 aromatic carbocycles. The standard InChI is InChI=1S/C22H30BrN5/c1-24-22(25-14-17-8-4-5-9-18(17)15-27(2)3)26-19-12-13-28(16-19)21-11-7-6-10-20(21)23/h4-11,19H,12-16H2,1-3H3,(H2,24,25,26). The molecule has 1 unspecified atom stereocenters. The van der Waals surface area contributed by atoms with Gasteiger partial charge in [-0.1, -0.05) is 36.4 Å². The minimum absolute atomic E-state index is 0.385. The van der Waals surface area contributed by atoms with Crippen LogP contribution in [0.3, 0.4) is 0 Å². The number of anilines is 1. The Morgan fingerprint density at radius 1 is 1.14 bits per heavy atom. The molecule has 6 heteroatoms. The van der Waals surface area contributed by atoms with E-state index in [-0.39, 0.29) is 0 Å². The maximum atomic E-state index is 4.43. The summed E-state index contributed by atoms with van der Waals surface area (Å²) in [5.41, 5.74) is 3.91. The molecule has 2 aromatic rings. The summed E-state index contributed by atoms with van der Waals surface area (Å²) >= 11 is 3.66. The maximum Gasteiger partial charge on any atom is 0.191 e. The van der Waals surface area contributed by atoms with Crippen LogP contribution in [0.1, 0.15) is 17.5 Å². The average Bonchev–Trinajstić information content (AvgIpc) is 3.14. The molecule has 5 nitrogen and oxygen atoms in total. The Morgan fingerprint density at radius 2 is 1.86 bits per heavy atom. The van der Waals surface area contributed by atoms with Crippen LogP contribution in [-0.4, -0.2) is 51.1 Å². The first-order valence-corrected chi connectivity index (χ1v) is 10.5. The minimum atomic E-state index is 0.385. The second-order valence-electron chi connectivity index (χ2n) is 7.46. The van der Waals surface area contributed by atoms with Gasteiger partial charge < -0.3 is 20.4 Å². The average molecular weight is 444 g/mol. The Bertz CT molecular complexity index is 805. The number of para-hydroxylation sites is 1. The number of hydrogen-bond acceptors (Lipinski definition) is 3. The van der Waals surface area contributed by atoms with Gasteiger partial charge in [-0.15, -0.1) is 0 Å². The number of aliphatic imine (C=N–C) groups is 1. The number of rotatable bonds is 6. The van der Waals surface area contributed by atoms with Crippen molar-refractivity contribution in [3.05, 3.63) is 64.1 Å². The summed E-state index contributed by atoms with van der Waals surface area (Å²) in [5.74, 6) is 0.860. The Hall–Kier alpha value is -2.05. The van der Waals surface area contributed by atoms with Crippen molar-refractivity contribution in [2.75, 3.05) is 39.1 Å². The molecular weight excluding hydrogens is 414 g/mol. The highest BCUT2D eigenvalue weighted by Crippen LogP contribution is 2.28. The number of halogens is 1. The van der Waals surface area contributed by atoms with Gasteiger partial charge in [-0.2, -0.15) is 0 Å². The quantitative estimate of drug-likeness (QED) is 0.529. The minimum Gasteiger partial charge on any atom is -0.368 e. The molecule has 1 aliphatic rings. The van der Waals surface area contributed by atoms with Crippen molar-refractivity contribution in [3.8, 4) is 0 Å². The maximum absolute atomic E-state index is 4.43. The molecule has 1 saturated heterocycles. The molecule has 1 fully saturated rings. The molecule has 1 heterocycles. The van der Waals surface area contributed by atoms with Crippen molar-refractivity contribution in [2.24, 2.45) is 4.99 Å². The lowest BCUT2D eigenvalue weighted by molar-refractivity contribution is 0.400. The zero-order valence-electron chi connectivity index (χ0n) is 17.0. The van der Waals surface area contributed by atoms with E-state index in [1.165, 1.54) is 16.8 Å². The molecule has 0 spiro atoms. The predicted molar refractivity (Wildman–Crippen MR) is 122 cm³/mol. The molecule has 0 saturated carbocycles. The summed E-state index contributed by atoms with van der Waals surface area (Å²) in [6, 6.07) is 17.4. The third-order valence-electron chi connectivity index (χ3n) is 5.00. The van der Waals surface area contributed by atoms with Crippen LogP contribution in [-0.2, 0) is 13.1 Å². The fourth-order valence-electron chi connectivity index (χ4n) is 3.60. The summed E-state index contributed by atoms with van der Waals surface area (Å²) in [5, 5.41) is 7.07. The summed E-state index contributed by atoms with van der Waals surface area (Å²) < 4.78 is 1.15. The Balaban J connectivity index is 1.55. The largest absolute Gasteiger partial charge is 0.368 e. The van der Waals surface area contributed by atoms with E-state index < -0.39 is 0 Å². The van der Waals surface area contributed by atoms with Gasteiger partial charge in [0.1, 0.15) is 0 Å². The van der Waals surface area contributed by atoms with Gasteiger partial charge in [0.2, 0.25) is 0 Å². The van der Waals surface area contributed by atoms with Crippen molar-refractivity contribution in [1.82, 2.24) is 15.5 Å². The second kappa shape index (κ2) is 9.94. The van der Waals surface area contributed by atoms with E-state index in [1.54, 1.807) is 0 Å². The van der Waals surface area contributed by atoms with Crippen molar-refractivity contribution in [3.63, 3.8) is 0 Å². The van der Waals surface area contributed by atoms with Gasteiger partial charge in [0.25, 0.3) is 0 Å². The molecule has 0 aliphatic carbocycles. The molecule has 0 amide bonds. The second-order valence-corrected chi connectivity index (χ2v) is 8.31. The van der Waals surface area contributed by atoms with E-state index in [0.717, 1.165) is 43.0 Å². The monoisotopic (exact) mass is 443 g/mol. The Labute approximate surface area is 177 Å². The molecule has 28 heavy (non-hydrogen) atoms. The summed E-state index contributed by atoms with van der Waals surface area (Å²) in [6.45, 7) is 3.72. The highest BCUT2D eigenvalue weighted by Gasteiger charge is 2.24. The van der Waals surface area contributed by atoms with Gasteiger partial charge in [0.05, 0.1) is 5.69 Å². The molecule has 0 aromatic heterocycles. The third-order valence-corrected chi connectivity index (χ3v) is 5.67. The molecule has 0 bridgehead atoms. The van der Waals surface area contributed by atoms with E-state index in [2.05, 4.69) is 104 Å². The zero-order chi connectivity index (χ0) is 19.9. The van der Waals surface area contributed by atoms with Crippen LogP contribution in [0.15, 0.2) is 58.0 Å². The van der Waals surface area contributed by atoms with E-state index in [1.807, 2.05) is 7.05 Å². The third kappa shape index (κ3) is 5.49. The fraction of sp³-hybridized carbons (Fsp3) is 0.409. The highest BCUT2D eigenvalue weighted by atomic mass is 79.9. The number of guanidine groups is 1. The van der Waals surface area contributed by atoms with Crippen LogP contribution in [0.4, 0.5) is 5.69 Å². The molecule has 1 aliphatic heterocycles. The normalized spacial score (nSPS) is 17.2. The Kier molecular flexibility index (Phi) is 7.34. The van der Waals surface area contributed by atoms with E-state index in [4.69, 9.17) is 0 Å². The smallest absolute Gasteiger partial charge is 0.191 e.